The Kier molecular flexibility index (Phi) is 6.99. The molecular formula is C18H21ClFN3OS. The van der Waals surface area contributed by atoms with Crippen LogP contribution in [-0.2, 0) is 0 Å². The number of halogens is 2. The number of likely N-dealkylation sites (N-methyl/N-ethyl adjacent to an activating group) is 1. The Morgan fingerprint density at radius 1 is 1.28 bits per heavy atom. The van der Waals surface area contributed by atoms with Crippen LogP contribution in [0.15, 0.2) is 42.5 Å². The summed E-state index contributed by atoms with van der Waals surface area (Å²) in [6.45, 7) is 0.578. The maximum Gasteiger partial charge on any atom is 0.170 e. The van der Waals surface area contributed by atoms with Gasteiger partial charge in [0.2, 0.25) is 0 Å². The molecule has 4 nitrogen and oxygen atoms in total. The summed E-state index contributed by atoms with van der Waals surface area (Å²) in [5.41, 5.74) is 1.69. The molecular weight excluding hydrogens is 361 g/mol. The fourth-order valence-electron chi connectivity index (χ4n) is 2.45. The summed E-state index contributed by atoms with van der Waals surface area (Å²) in [5.74, 6) is 0.363. The van der Waals surface area contributed by atoms with Crippen molar-refractivity contribution in [3.05, 3.63) is 58.9 Å². The molecule has 0 aliphatic carbocycles. The molecule has 2 N–H and O–H groups in total. The average molecular weight is 382 g/mol. The highest BCUT2D eigenvalue weighted by Gasteiger charge is 2.18. The molecule has 0 aliphatic rings. The van der Waals surface area contributed by atoms with Crippen molar-refractivity contribution in [1.82, 2.24) is 10.2 Å². The van der Waals surface area contributed by atoms with Gasteiger partial charge >= 0.3 is 0 Å². The van der Waals surface area contributed by atoms with Crippen molar-refractivity contribution in [1.29, 1.82) is 0 Å². The Balaban J connectivity index is 2.03. The molecule has 0 spiro atoms. The third-order valence-electron chi connectivity index (χ3n) is 3.75. The number of nitrogens with one attached hydrogen (secondary N) is 2. The van der Waals surface area contributed by atoms with Gasteiger partial charge < -0.3 is 20.3 Å². The fraction of sp³-hybridized carbons (Fsp3) is 0.278. The van der Waals surface area contributed by atoms with Crippen LogP contribution in [0.2, 0.25) is 5.02 Å². The Labute approximate surface area is 157 Å². The molecule has 0 aromatic heterocycles. The largest absolute Gasteiger partial charge is 0.496 e. The molecule has 0 fully saturated rings. The molecule has 0 radical (unpaired) electrons. The van der Waals surface area contributed by atoms with Gasteiger partial charge in [-0.15, -0.1) is 0 Å². The predicted molar refractivity (Wildman–Crippen MR) is 105 cm³/mol. The molecule has 1 atom stereocenters. The molecule has 2 rings (SSSR count). The van der Waals surface area contributed by atoms with Crippen LogP contribution in [0.3, 0.4) is 0 Å². The summed E-state index contributed by atoms with van der Waals surface area (Å²) in [4.78, 5) is 2.09. The summed E-state index contributed by atoms with van der Waals surface area (Å²) in [5, 5.41) is 6.67. The molecule has 0 amide bonds. The Hall–Kier alpha value is -1.89. The second kappa shape index (κ2) is 8.99. The Morgan fingerprint density at radius 2 is 2.00 bits per heavy atom. The van der Waals surface area contributed by atoms with Crippen LogP contribution in [-0.4, -0.2) is 37.8 Å². The lowest BCUT2D eigenvalue weighted by atomic mass is 10.0. The van der Waals surface area contributed by atoms with Gasteiger partial charge in [-0.05, 0) is 50.6 Å². The van der Waals surface area contributed by atoms with Crippen molar-refractivity contribution in [2.75, 3.05) is 33.1 Å². The van der Waals surface area contributed by atoms with E-state index >= 15 is 0 Å². The van der Waals surface area contributed by atoms with Crippen molar-refractivity contribution >= 4 is 34.6 Å². The Bertz CT molecular complexity index is 742. The quantitative estimate of drug-likeness (QED) is 0.737. The normalized spacial score (nSPS) is 11.9. The number of hydrogen-bond donors (Lipinski definition) is 2. The van der Waals surface area contributed by atoms with Crippen LogP contribution in [0.4, 0.5) is 10.1 Å². The zero-order valence-corrected chi connectivity index (χ0v) is 15.9. The number of nitrogens with zero attached hydrogens (tertiary/aromatic N) is 1. The number of hydrogen-bond acceptors (Lipinski definition) is 3. The minimum atomic E-state index is -0.463. The standard InChI is InChI=1S/C18H21ClFN3OS/c1-23(2)16(13-6-4-5-7-17(13)24-3)11-21-18(25)22-12-8-9-15(20)14(19)10-12/h4-10,16H,11H2,1-3H3,(H2,21,22,25)/t16-/m0/s1. The predicted octanol–water partition coefficient (Wildman–Crippen LogP) is 4.08. The highest BCUT2D eigenvalue weighted by Crippen LogP contribution is 2.27. The molecule has 0 saturated heterocycles. The van der Waals surface area contributed by atoms with E-state index in [9.17, 15) is 4.39 Å². The number of methoxy groups -OCH3 is 1. The van der Waals surface area contributed by atoms with E-state index < -0.39 is 5.82 Å². The molecule has 0 aliphatic heterocycles. The summed E-state index contributed by atoms with van der Waals surface area (Å²) >= 11 is 11.1. The number of rotatable bonds is 6. The van der Waals surface area contributed by atoms with Gasteiger partial charge in [-0.25, -0.2) is 4.39 Å². The van der Waals surface area contributed by atoms with Gasteiger partial charge in [0, 0.05) is 17.8 Å². The van der Waals surface area contributed by atoms with Gasteiger partial charge in [0.25, 0.3) is 0 Å². The van der Waals surface area contributed by atoms with Crippen LogP contribution in [0.1, 0.15) is 11.6 Å². The fourth-order valence-corrected chi connectivity index (χ4v) is 2.83. The van der Waals surface area contributed by atoms with Crippen molar-refractivity contribution in [2.45, 2.75) is 6.04 Å². The highest BCUT2D eigenvalue weighted by molar-refractivity contribution is 7.80. The van der Waals surface area contributed by atoms with Crippen molar-refractivity contribution in [2.24, 2.45) is 0 Å². The van der Waals surface area contributed by atoms with Gasteiger partial charge in [0.05, 0.1) is 18.2 Å². The van der Waals surface area contributed by atoms with Gasteiger partial charge in [-0.2, -0.15) is 0 Å². The monoisotopic (exact) mass is 381 g/mol. The topological polar surface area (TPSA) is 36.5 Å². The number of thiocarbonyl (C=S) groups is 1. The molecule has 7 heteroatoms. The molecule has 0 unspecified atom stereocenters. The molecule has 0 heterocycles. The zero-order valence-electron chi connectivity index (χ0n) is 14.3. The second-order valence-electron chi connectivity index (χ2n) is 5.69. The molecule has 25 heavy (non-hydrogen) atoms. The van der Waals surface area contributed by atoms with E-state index in [0.29, 0.717) is 17.3 Å². The maximum absolute atomic E-state index is 13.2. The van der Waals surface area contributed by atoms with E-state index in [-0.39, 0.29) is 11.1 Å². The highest BCUT2D eigenvalue weighted by atomic mass is 35.5. The average Bonchev–Trinajstić information content (AvgIpc) is 2.58. The lowest BCUT2D eigenvalue weighted by Gasteiger charge is -2.27. The van der Waals surface area contributed by atoms with Gasteiger partial charge in [-0.3, -0.25) is 0 Å². The van der Waals surface area contributed by atoms with Crippen LogP contribution >= 0.6 is 23.8 Å². The summed E-state index contributed by atoms with van der Waals surface area (Å²) in [7, 11) is 5.65. The van der Waals surface area contributed by atoms with Crippen LogP contribution < -0.4 is 15.4 Å². The first-order chi connectivity index (χ1) is 11.9. The first-order valence-corrected chi connectivity index (χ1v) is 8.50. The minimum absolute atomic E-state index is 0.0491. The number of para-hydroxylation sites is 1. The van der Waals surface area contributed by atoms with E-state index in [0.717, 1.165) is 11.3 Å². The molecule has 0 bridgehead atoms. The summed E-state index contributed by atoms with van der Waals surface area (Å²) in [6, 6.07) is 12.3. The first kappa shape index (κ1) is 19.4. The molecule has 2 aromatic carbocycles. The van der Waals surface area contributed by atoms with Crippen molar-refractivity contribution in [3.63, 3.8) is 0 Å². The molecule has 2 aromatic rings. The number of ether oxygens (including phenoxy) is 1. The van der Waals surface area contributed by atoms with Gasteiger partial charge in [-0.1, -0.05) is 29.8 Å². The van der Waals surface area contributed by atoms with Gasteiger partial charge in [0.15, 0.2) is 5.11 Å². The van der Waals surface area contributed by atoms with Crippen LogP contribution in [0, 0.1) is 5.82 Å². The SMILES string of the molecule is COc1ccccc1[C@H](CNC(=S)Nc1ccc(F)c(Cl)c1)N(C)C. The molecule has 134 valence electrons. The zero-order chi connectivity index (χ0) is 18.4. The van der Waals surface area contributed by atoms with E-state index in [1.165, 1.54) is 12.1 Å². The van der Waals surface area contributed by atoms with Crippen molar-refractivity contribution < 1.29 is 9.13 Å². The first-order valence-electron chi connectivity index (χ1n) is 7.71. The minimum Gasteiger partial charge on any atom is -0.496 e. The third-order valence-corrected chi connectivity index (χ3v) is 4.29. The summed E-state index contributed by atoms with van der Waals surface area (Å²) < 4.78 is 18.7. The van der Waals surface area contributed by atoms with Crippen LogP contribution in [0.25, 0.3) is 0 Å². The molecule has 0 saturated carbocycles. The number of benzene rings is 2. The smallest absolute Gasteiger partial charge is 0.170 e. The van der Waals surface area contributed by atoms with E-state index in [1.54, 1.807) is 13.2 Å². The Morgan fingerprint density at radius 3 is 2.64 bits per heavy atom. The van der Waals surface area contributed by atoms with E-state index in [1.807, 2.05) is 38.4 Å². The second-order valence-corrected chi connectivity index (χ2v) is 6.50. The third kappa shape index (κ3) is 5.29. The van der Waals surface area contributed by atoms with Gasteiger partial charge in [0.1, 0.15) is 11.6 Å². The number of anilines is 1. The van der Waals surface area contributed by atoms with Crippen molar-refractivity contribution in [3.8, 4) is 5.75 Å². The van der Waals surface area contributed by atoms with E-state index in [4.69, 9.17) is 28.6 Å². The lowest BCUT2D eigenvalue weighted by molar-refractivity contribution is 0.288. The lowest BCUT2D eigenvalue weighted by Crippen LogP contribution is -2.36. The maximum atomic E-state index is 13.2. The van der Waals surface area contributed by atoms with Crippen LogP contribution in [0.5, 0.6) is 5.75 Å². The summed E-state index contributed by atoms with van der Waals surface area (Å²) in [6.07, 6.45) is 0. The van der Waals surface area contributed by atoms with E-state index in [2.05, 4.69) is 15.5 Å².